The van der Waals surface area contributed by atoms with E-state index < -0.39 is 21.7 Å². The van der Waals surface area contributed by atoms with Crippen LogP contribution in [0.4, 0.5) is 5.69 Å². The number of hydrogen-bond acceptors (Lipinski definition) is 9. The van der Waals surface area contributed by atoms with Gasteiger partial charge in [0.25, 0.3) is 11.8 Å². The first-order valence-electron chi connectivity index (χ1n) is 14.6. The molecule has 0 aliphatic carbocycles. The maximum absolute atomic E-state index is 13.4. The number of benzene rings is 3. The number of nitriles is 1. The highest BCUT2D eigenvalue weighted by Gasteiger charge is 2.33. The maximum Gasteiger partial charge on any atom is 0.257 e. The first-order chi connectivity index (χ1) is 21.8. The third-order valence-corrected chi connectivity index (χ3v) is 11.0. The molecule has 2 aliphatic heterocycles. The van der Waals surface area contributed by atoms with Crippen molar-refractivity contribution >= 4 is 38.7 Å². The minimum Gasteiger partial charge on any atom is -0.494 e. The molecule has 0 saturated carbocycles. The molecule has 45 heavy (non-hydrogen) atoms. The summed E-state index contributed by atoms with van der Waals surface area (Å²) in [6, 6.07) is 19.0. The molecule has 1 atom stereocenters. The second kappa shape index (κ2) is 12.8. The fraction of sp³-hybridized carbons (Fsp3) is 0.273. The number of hydrogen-bond donors (Lipinski definition) is 2. The van der Waals surface area contributed by atoms with Crippen LogP contribution in [0.25, 0.3) is 10.6 Å². The highest BCUT2D eigenvalue weighted by atomic mass is 32.2. The molecule has 12 heteroatoms. The highest BCUT2D eigenvalue weighted by Crippen LogP contribution is 2.37. The molecular formula is C33H31N5O5S2. The van der Waals surface area contributed by atoms with Crippen LogP contribution in [-0.2, 0) is 16.4 Å². The Morgan fingerprint density at radius 2 is 1.96 bits per heavy atom. The normalized spacial score (nSPS) is 17.0. The number of anilines is 1. The van der Waals surface area contributed by atoms with Crippen molar-refractivity contribution in [1.29, 1.82) is 5.26 Å². The van der Waals surface area contributed by atoms with Crippen molar-refractivity contribution in [3.63, 3.8) is 0 Å². The van der Waals surface area contributed by atoms with Gasteiger partial charge in [0, 0.05) is 28.7 Å². The van der Waals surface area contributed by atoms with Crippen molar-refractivity contribution in [2.24, 2.45) is 0 Å². The van der Waals surface area contributed by atoms with Gasteiger partial charge >= 0.3 is 0 Å². The molecule has 1 aromatic heterocycles. The Balaban J connectivity index is 1.06. The van der Waals surface area contributed by atoms with E-state index in [9.17, 15) is 23.3 Å². The number of aromatic nitrogens is 1. The summed E-state index contributed by atoms with van der Waals surface area (Å²) in [5, 5.41) is 15.6. The van der Waals surface area contributed by atoms with E-state index in [1.165, 1.54) is 35.6 Å². The lowest BCUT2D eigenvalue weighted by atomic mass is 10.1. The van der Waals surface area contributed by atoms with Crippen molar-refractivity contribution < 1.29 is 22.7 Å². The number of rotatable bonds is 9. The Morgan fingerprint density at radius 3 is 2.76 bits per heavy atom. The van der Waals surface area contributed by atoms with Gasteiger partial charge in [-0.05, 0) is 86.8 Å². The molecule has 0 unspecified atom stereocenters. The van der Waals surface area contributed by atoms with Gasteiger partial charge in [0.05, 0.1) is 46.3 Å². The third-order valence-electron chi connectivity index (χ3n) is 8.07. The molecule has 2 N–H and O–H groups in total. The standard InChI is InChI=1S/C33H31N5O5S2/c1-21-26(13-14-29-30(21)37-32(40)27-7-2-3-8-28(27)45(29,41)42)31(39)35-19-25-20-36-33(44-25)22-9-11-24(12-10-22)43-17-5-16-38-15-4-6-23(38)18-34/h2-3,7-14,20,23H,4-6,15-17,19H2,1H3,(H,35,39)(H,37,40)/t23-/m0/s1. The Bertz CT molecular complexity index is 1910. The first-order valence-corrected chi connectivity index (χ1v) is 16.9. The van der Waals surface area contributed by atoms with Crippen molar-refractivity contribution in [3.05, 3.63) is 88.4 Å². The molecule has 1 fully saturated rings. The van der Waals surface area contributed by atoms with Crippen molar-refractivity contribution in [2.75, 3.05) is 25.0 Å². The SMILES string of the molecule is Cc1c(C(=O)NCc2cnc(-c3ccc(OCCCN4CCC[C@H]4C#N)cc3)s2)ccc2c1NC(=O)c1ccccc1S2(=O)=O. The van der Waals surface area contributed by atoms with Crippen molar-refractivity contribution in [1.82, 2.24) is 15.2 Å². The smallest absolute Gasteiger partial charge is 0.257 e. The number of sulfone groups is 1. The average Bonchev–Trinajstić information content (AvgIpc) is 3.71. The van der Waals surface area contributed by atoms with Crippen LogP contribution < -0.4 is 15.4 Å². The summed E-state index contributed by atoms with van der Waals surface area (Å²) in [6.45, 7) is 4.26. The predicted molar refractivity (Wildman–Crippen MR) is 170 cm³/mol. The van der Waals surface area contributed by atoms with Gasteiger partial charge in [-0.3, -0.25) is 14.5 Å². The summed E-state index contributed by atoms with van der Waals surface area (Å²) in [7, 11) is -3.97. The number of likely N-dealkylation sites (tertiary alicyclic amines) is 1. The summed E-state index contributed by atoms with van der Waals surface area (Å²) in [6.07, 6.45) is 4.59. The van der Waals surface area contributed by atoms with Gasteiger partial charge in [-0.1, -0.05) is 12.1 Å². The number of carbonyl (C=O) groups is 2. The number of amides is 2. The summed E-state index contributed by atoms with van der Waals surface area (Å²) in [5.41, 5.74) is 1.73. The lowest BCUT2D eigenvalue weighted by Gasteiger charge is -2.18. The Hall–Kier alpha value is -4.57. The van der Waals surface area contributed by atoms with Crippen LogP contribution >= 0.6 is 11.3 Å². The fourth-order valence-electron chi connectivity index (χ4n) is 5.68. The van der Waals surface area contributed by atoms with Gasteiger partial charge in [-0.25, -0.2) is 13.4 Å². The second-order valence-electron chi connectivity index (χ2n) is 10.9. The van der Waals surface area contributed by atoms with Gasteiger partial charge < -0.3 is 15.4 Å². The van der Waals surface area contributed by atoms with Gasteiger partial charge in [0.2, 0.25) is 9.84 Å². The number of nitrogens with one attached hydrogen (secondary N) is 2. The van der Waals surface area contributed by atoms with E-state index in [4.69, 9.17) is 4.74 Å². The monoisotopic (exact) mass is 641 g/mol. The van der Waals surface area contributed by atoms with Gasteiger partial charge in [0.15, 0.2) is 0 Å². The molecule has 0 bridgehead atoms. The minimum absolute atomic E-state index is 0.0301. The summed E-state index contributed by atoms with van der Waals surface area (Å²) < 4.78 is 32.6. The Kier molecular flexibility index (Phi) is 8.67. The van der Waals surface area contributed by atoms with Crippen LogP contribution in [0.3, 0.4) is 0 Å². The largest absolute Gasteiger partial charge is 0.494 e. The lowest BCUT2D eigenvalue weighted by molar-refractivity contribution is 0.0949. The van der Waals surface area contributed by atoms with E-state index in [1.54, 1.807) is 25.3 Å². The zero-order valence-corrected chi connectivity index (χ0v) is 26.2. The van der Waals surface area contributed by atoms with E-state index in [1.807, 2.05) is 24.3 Å². The van der Waals surface area contributed by atoms with E-state index >= 15 is 0 Å². The van der Waals surface area contributed by atoms with Gasteiger partial charge in [-0.2, -0.15) is 5.26 Å². The van der Waals surface area contributed by atoms with Crippen LogP contribution in [0.1, 0.15) is 50.4 Å². The highest BCUT2D eigenvalue weighted by molar-refractivity contribution is 7.91. The van der Waals surface area contributed by atoms with E-state index in [0.29, 0.717) is 12.2 Å². The number of thiazole rings is 1. The zero-order valence-electron chi connectivity index (χ0n) is 24.6. The fourth-order valence-corrected chi connectivity index (χ4v) is 8.20. The molecule has 0 radical (unpaired) electrons. The molecule has 0 spiro atoms. The molecule has 2 amide bonds. The molecule has 3 heterocycles. The number of ether oxygens (including phenoxy) is 1. The molecule has 2 aliphatic rings. The summed E-state index contributed by atoms with van der Waals surface area (Å²) in [4.78, 5) is 33.5. The first kappa shape index (κ1) is 30.5. The third kappa shape index (κ3) is 6.20. The molecule has 230 valence electrons. The second-order valence-corrected chi connectivity index (χ2v) is 13.9. The van der Waals surface area contributed by atoms with E-state index in [2.05, 4.69) is 26.6 Å². The van der Waals surface area contributed by atoms with Crippen LogP contribution in [0, 0.1) is 18.3 Å². The predicted octanol–water partition coefficient (Wildman–Crippen LogP) is 5.20. The van der Waals surface area contributed by atoms with E-state index in [-0.39, 0.29) is 39.2 Å². The van der Waals surface area contributed by atoms with Crippen LogP contribution in [0.15, 0.2) is 76.7 Å². The molecule has 4 aromatic rings. The Labute approximate surface area is 265 Å². The van der Waals surface area contributed by atoms with Crippen LogP contribution in [0.5, 0.6) is 5.75 Å². The lowest BCUT2D eigenvalue weighted by Crippen LogP contribution is -2.29. The van der Waals surface area contributed by atoms with Crippen LogP contribution in [0.2, 0.25) is 0 Å². The number of fused-ring (bicyclic) bond motifs is 2. The van der Waals surface area contributed by atoms with Gasteiger partial charge in [0.1, 0.15) is 10.8 Å². The van der Waals surface area contributed by atoms with Gasteiger partial charge in [-0.15, -0.1) is 11.3 Å². The Morgan fingerprint density at radius 1 is 1.16 bits per heavy atom. The number of nitrogens with zero attached hydrogens (tertiary/aromatic N) is 3. The van der Waals surface area contributed by atoms with Crippen LogP contribution in [-0.4, -0.2) is 55.9 Å². The van der Waals surface area contributed by atoms with Crippen molar-refractivity contribution in [3.8, 4) is 22.4 Å². The molecular weight excluding hydrogens is 611 g/mol. The summed E-state index contributed by atoms with van der Waals surface area (Å²) >= 11 is 1.45. The maximum atomic E-state index is 13.4. The average molecular weight is 642 g/mol. The minimum atomic E-state index is -3.97. The quantitative estimate of drug-likeness (QED) is 0.238. The van der Waals surface area contributed by atoms with E-state index in [0.717, 1.165) is 53.5 Å². The topological polar surface area (TPSA) is 141 Å². The molecule has 6 rings (SSSR count). The zero-order chi connectivity index (χ0) is 31.6. The molecule has 3 aromatic carbocycles. The van der Waals surface area contributed by atoms with Crippen molar-refractivity contribution in [2.45, 2.75) is 48.6 Å². The molecule has 10 nitrogen and oxygen atoms in total. The number of carbonyl (C=O) groups excluding carboxylic acids is 2. The molecule has 1 saturated heterocycles. The summed E-state index contributed by atoms with van der Waals surface area (Å²) in [5.74, 6) is -0.171.